The minimum atomic E-state index is 0.290. The molecule has 0 aromatic heterocycles. The maximum absolute atomic E-state index is 8.91. The molecule has 2 aromatic carbocycles. The molecular formula is C17H17ClN2. The number of nitrogens with zero attached hydrogens (tertiary/aromatic N) is 1. The number of halogens is 1. The van der Waals surface area contributed by atoms with E-state index in [1.165, 1.54) is 5.56 Å². The fourth-order valence-electron chi connectivity index (χ4n) is 2.18. The van der Waals surface area contributed by atoms with Crippen LogP contribution in [-0.4, -0.2) is 0 Å². The zero-order valence-corrected chi connectivity index (χ0v) is 12.2. The molecule has 0 fully saturated rings. The Hall–Kier alpha value is -1.82. The van der Waals surface area contributed by atoms with Gasteiger partial charge in [0.15, 0.2) is 0 Å². The summed E-state index contributed by atoms with van der Waals surface area (Å²) in [6.07, 6.45) is 1.000. The molecule has 0 aliphatic heterocycles. The van der Waals surface area contributed by atoms with Crippen LogP contribution in [0.3, 0.4) is 0 Å². The predicted octanol–water partition coefficient (Wildman–Crippen LogP) is 4.45. The van der Waals surface area contributed by atoms with Crippen LogP contribution in [0.15, 0.2) is 48.5 Å². The maximum atomic E-state index is 8.91. The summed E-state index contributed by atoms with van der Waals surface area (Å²) in [4.78, 5) is 0. The number of hydrogen-bond acceptors (Lipinski definition) is 2. The van der Waals surface area contributed by atoms with Gasteiger partial charge in [-0.3, -0.25) is 0 Å². The first-order valence-electron chi connectivity index (χ1n) is 6.71. The molecule has 0 aliphatic carbocycles. The lowest BCUT2D eigenvalue weighted by Crippen LogP contribution is -2.20. The first-order chi connectivity index (χ1) is 9.72. The Bertz CT molecular complexity index is 599. The normalized spacial score (nSPS) is 11.8. The number of hydrogen-bond donors (Lipinski definition) is 1. The molecule has 3 heteroatoms. The van der Waals surface area contributed by atoms with E-state index >= 15 is 0 Å². The molecule has 2 nitrogen and oxygen atoms in total. The van der Waals surface area contributed by atoms with Crippen molar-refractivity contribution in [3.63, 3.8) is 0 Å². The van der Waals surface area contributed by atoms with Gasteiger partial charge in [0.1, 0.15) is 0 Å². The standard InChI is InChI=1S/C17H17ClN2/c1-2-17(15-6-8-16(18)9-7-15)20-12-14-5-3-4-13(10-14)11-19/h3-10,17,20H,2,12H2,1H3. The van der Waals surface area contributed by atoms with E-state index in [0.717, 1.165) is 23.6 Å². The highest BCUT2D eigenvalue weighted by atomic mass is 35.5. The Morgan fingerprint density at radius 1 is 1.20 bits per heavy atom. The van der Waals surface area contributed by atoms with E-state index in [-0.39, 0.29) is 6.04 Å². The van der Waals surface area contributed by atoms with Crippen molar-refractivity contribution in [1.29, 1.82) is 5.26 Å². The second-order valence-corrected chi connectivity index (χ2v) is 5.14. The zero-order valence-electron chi connectivity index (χ0n) is 11.4. The van der Waals surface area contributed by atoms with Crippen LogP contribution >= 0.6 is 11.6 Å². The van der Waals surface area contributed by atoms with Crippen LogP contribution in [0.1, 0.15) is 36.1 Å². The van der Waals surface area contributed by atoms with Crippen molar-refractivity contribution in [3.05, 3.63) is 70.2 Å². The summed E-state index contributed by atoms with van der Waals surface area (Å²) in [5.41, 5.74) is 3.05. The van der Waals surface area contributed by atoms with Gasteiger partial charge in [-0.1, -0.05) is 42.8 Å². The number of benzene rings is 2. The lowest BCUT2D eigenvalue weighted by molar-refractivity contribution is 0.519. The van der Waals surface area contributed by atoms with Gasteiger partial charge >= 0.3 is 0 Å². The third-order valence-corrected chi connectivity index (χ3v) is 3.54. The van der Waals surface area contributed by atoms with Gasteiger partial charge in [0, 0.05) is 17.6 Å². The van der Waals surface area contributed by atoms with Crippen molar-refractivity contribution < 1.29 is 0 Å². The first kappa shape index (κ1) is 14.6. The van der Waals surface area contributed by atoms with Gasteiger partial charge in [0.25, 0.3) is 0 Å². The summed E-state index contributed by atoms with van der Waals surface area (Å²) in [5.74, 6) is 0. The van der Waals surface area contributed by atoms with Crippen LogP contribution in [0, 0.1) is 11.3 Å². The molecule has 0 amide bonds. The molecule has 1 unspecified atom stereocenters. The molecule has 1 N–H and O–H groups in total. The van der Waals surface area contributed by atoms with Crippen LogP contribution < -0.4 is 5.32 Å². The van der Waals surface area contributed by atoms with E-state index in [9.17, 15) is 0 Å². The van der Waals surface area contributed by atoms with E-state index in [1.807, 2.05) is 36.4 Å². The lowest BCUT2D eigenvalue weighted by Gasteiger charge is -2.17. The molecule has 2 rings (SSSR count). The van der Waals surface area contributed by atoms with Crippen LogP contribution in [0.25, 0.3) is 0 Å². The second kappa shape index (κ2) is 7.09. The summed E-state index contributed by atoms with van der Waals surface area (Å²) in [6.45, 7) is 2.90. The fourth-order valence-corrected chi connectivity index (χ4v) is 2.31. The number of nitriles is 1. The minimum Gasteiger partial charge on any atom is -0.306 e. The largest absolute Gasteiger partial charge is 0.306 e. The maximum Gasteiger partial charge on any atom is 0.0991 e. The van der Waals surface area contributed by atoms with Crippen LogP contribution in [-0.2, 0) is 6.54 Å². The van der Waals surface area contributed by atoms with Gasteiger partial charge < -0.3 is 5.32 Å². The van der Waals surface area contributed by atoms with E-state index < -0.39 is 0 Å². The number of nitrogens with one attached hydrogen (secondary N) is 1. The van der Waals surface area contributed by atoms with E-state index in [1.54, 1.807) is 0 Å². The lowest BCUT2D eigenvalue weighted by atomic mass is 10.0. The zero-order chi connectivity index (χ0) is 14.4. The van der Waals surface area contributed by atoms with Gasteiger partial charge in [-0.15, -0.1) is 0 Å². The quantitative estimate of drug-likeness (QED) is 0.880. The molecule has 0 bridgehead atoms. The Morgan fingerprint density at radius 3 is 2.60 bits per heavy atom. The summed E-state index contributed by atoms with van der Waals surface area (Å²) >= 11 is 5.91. The van der Waals surface area contributed by atoms with Crippen molar-refractivity contribution in [2.24, 2.45) is 0 Å². The molecule has 0 radical (unpaired) electrons. The molecule has 20 heavy (non-hydrogen) atoms. The molecule has 0 spiro atoms. The molecule has 0 aliphatic rings. The van der Waals surface area contributed by atoms with Gasteiger partial charge in [-0.05, 0) is 41.8 Å². The van der Waals surface area contributed by atoms with Gasteiger partial charge in [0.2, 0.25) is 0 Å². The third-order valence-electron chi connectivity index (χ3n) is 3.29. The number of rotatable bonds is 5. The van der Waals surface area contributed by atoms with E-state index in [0.29, 0.717) is 5.56 Å². The molecule has 102 valence electrons. The van der Waals surface area contributed by atoms with Crippen molar-refractivity contribution in [2.75, 3.05) is 0 Å². The minimum absolute atomic E-state index is 0.290. The monoisotopic (exact) mass is 284 g/mol. The molecule has 0 heterocycles. The van der Waals surface area contributed by atoms with Crippen LogP contribution in [0.2, 0.25) is 5.02 Å². The topological polar surface area (TPSA) is 35.8 Å². The predicted molar refractivity (Wildman–Crippen MR) is 82.5 cm³/mol. The highest BCUT2D eigenvalue weighted by molar-refractivity contribution is 6.30. The second-order valence-electron chi connectivity index (χ2n) is 4.71. The van der Waals surface area contributed by atoms with Crippen molar-refractivity contribution in [3.8, 4) is 6.07 Å². The van der Waals surface area contributed by atoms with Crippen LogP contribution in [0.5, 0.6) is 0 Å². The van der Waals surface area contributed by atoms with E-state index in [2.05, 4.69) is 30.4 Å². The molecule has 0 saturated carbocycles. The highest BCUT2D eigenvalue weighted by Gasteiger charge is 2.08. The first-order valence-corrected chi connectivity index (χ1v) is 7.08. The fraction of sp³-hybridized carbons (Fsp3) is 0.235. The molecular weight excluding hydrogens is 268 g/mol. The Balaban J connectivity index is 2.03. The van der Waals surface area contributed by atoms with Crippen molar-refractivity contribution >= 4 is 11.6 Å². The highest BCUT2D eigenvalue weighted by Crippen LogP contribution is 2.19. The van der Waals surface area contributed by atoms with Gasteiger partial charge in [-0.25, -0.2) is 0 Å². The summed E-state index contributed by atoms with van der Waals surface area (Å²) in [5, 5.41) is 13.2. The van der Waals surface area contributed by atoms with Gasteiger partial charge in [-0.2, -0.15) is 5.26 Å². The smallest absolute Gasteiger partial charge is 0.0991 e. The van der Waals surface area contributed by atoms with Crippen LogP contribution in [0.4, 0.5) is 0 Å². The van der Waals surface area contributed by atoms with E-state index in [4.69, 9.17) is 16.9 Å². The van der Waals surface area contributed by atoms with Crippen molar-refractivity contribution in [2.45, 2.75) is 25.9 Å². The summed E-state index contributed by atoms with van der Waals surface area (Å²) < 4.78 is 0. The Labute approximate surface area is 125 Å². The van der Waals surface area contributed by atoms with Crippen molar-refractivity contribution in [1.82, 2.24) is 5.32 Å². The Morgan fingerprint density at radius 2 is 1.95 bits per heavy atom. The molecule has 2 aromatic rings. The molecule has 1 atom stereocenters. The average molecular weight is 285 g/mol. The Kier molecular flexibility index (Phi) is 5.17. The van der Waals surface area contributed by atoms with Gasteiger partial charge in [0.05, 0.1) is 11.6 Å². The molecule has 0 saturated heterocycles. The SMILES string of the molecule is CCC(NCc1cccc(C#N)c1)c1ccc(Cl)cc1. The summed E-state index contributed by atoms with van der Waals surface area (Å²) in [7, 11) is 0. The summed E-state index contributed by atoms with van der Waals surface area (Å²) in [6, 6.07) is 18.1. The third kappa shape index (κ3) is 3.84. The average Bonchev–Trinajstić information content (AvgIpc) is 2.50.